The Labute approximate surface area is 125 Å². The van der Waals surface area contributed by atoms with Crippen molar-refractivity contribution in [3.05, 3.63) is 36.0 Å². The van der Waals surface area contributed by atoms with Gasteiger partial charge in [0.05, 0.1) is 6.54 Å². The third-order valence-electron chi connectivity index (χ3n) is 3.92. The van der Waals surface area contributed by atoms with Crippen LogP contribution in [-0.2, 0) is 13.1 Å². The van der Waals surface area contributed by atoms with E-state index in [-0.39, 0.29) is 0 Å². The molecule has 0 amide bonds. The highest BCUT2D eigenvalue weighted by atomic mass is 15.3. The first-order valence-corrected chi connectivity index (χ1v) is 7.59. The largest absolute Gasteiger partial charge is 0.347 e. The summed E-state index contributed by atoms with van der Waals surface area (Å²) < 4.78 is 2.11. The Kier molecular flexibility index (Phi) is 4.15. The Morgan fingerprint density at radius 1 is 1.38 bits per heavy atom. The second-order valence-electron chi connectivity index (χ2n) is 5.45. The van der Waals surface area contributed by atoms with E-state index in [1.54, 1.807) is 6.33 Å². The fraction of sp³-hybridized carbons (Fsp3) is 0.533. The summed E-state index contributed by atoms with van der Waals surface area (Å²) in [6.07, 6.45) is 4.80. The lowest BCUT2D eigenvalue weighted by molar-refractivity contribution is 0.540. The van der Waals surface area contributed by atoms with E-state index in [1.165, 1.54) is 5.56 Å². The van der Waals surface area contributed by atoms with Gasteiger partial charge < -0.3 is 14.8 Å². The lowest BCUT2D eigenvalue weighted by Crippen LogP contribution is -2.35. The van der Waals surface area contributed by atoms with E-state index < -0.39 is 0 Å². The van der Waals surface area contributed by atoms with Crippen LogP contribution in [-0.4, -0.2) is 32.8 Å². The van der Waals surface area contributed by atoms with Gasteiger partial charge in [-0.1, -0.05) is 13.0 Å². The van der Waals surface area contributed by atoms with Gasteiger partial charge in [-0.15, -0.1) is 10.2 Å². The Bertz CT molecular complexity index is 593. The second-order valence-corrected chi connectivity index (χ2v) is 5.45. The molecule has 0 saturated carbocycles. The van der Waals surface area contributed by atoms with Gasteiger partial charge in [0.1, 0.15) is 12.1 Å². The molecule has 0 saturated heterocycles. The summed E-state index contributed by atoms with van der Waals surface area (Å²) in [5.41, 5.74) is 1.25. The quantitative estimate of drug-likeness (QED) is 0.907. The summed E-state index contributed by atoms with van der Waals surface area (Å²) in [5, 5.41) is 11.7. The number of pyridine rings is 1. The standard InChI is InChI=1S/C15H22N6/c1-3-6-16-12(2)13-5-4-7-17-15(13)20-8-9-21-11-18-19-14(21)10-20/h4-5,7,11-12,16H,3,6,8-10H2,1-2H3. The normalized spacial score (nSPS) is 15.8. The third kappa shape index (κ3) is 2.90. The average Bonchev–Trinajstić information content (AvgIpc) is 3.00. The predicted molar refractivity (Wildman–Crippen MR) is 82.0 cm³/mol. The zero-order valence-corrected chi connectivity index (χ0v) is 12.7. The molecule has 0 radical (unpaired) electrons. The molecule has 6 heteroatoms. The van der Waals surface area contributed by atoms with Crippen molar-refractivity contribution in [2.45, 2.75) is 39.4 Å². The molecule has 0 aromatic carbocycles. The van der Waals surface area contributed by atoms with Crippen molar-refractivity contribution in [1.82, 2.24) is 25.1 Å². The van der Waals surface area contributed by atoms with Crippen LogP contribution < -0.4 is 10.2 Å². The first-order chi connectivity index (χ1) is 10.3. The molecule has 0 aliphatic carbocycles. The summed E-state index contributed by atoms with van der Waals surface area (Å²) in [6, 6.07) is 4.47. The minimum Gasteiger partial charge on any atom is -0.347 e. The summed E-state index contributed by atoms with van der Waals surface area (Å²) >= 11 is 0. The zero-order valence-electron chi connectivity index (χ0n) is 12.7. The summed E-state index contributed by atoms with van der Waals surface area (Å²) in [4.78, 5) is 6.91. The van der Waals surface area contributed by atoms with Gasteiger partial charge >= 0.3 is 0 Å². The summed E-state index contributed by atoms with van der Waals surface area (Å²) in [6.45, 7) is 8.02. The third-order valence-corrected chi connectivity index (χ3v) is 3.92. The van der Waals surface area contributed by atoms with Gasteiger partial charge in [0.25, 0.3) is 0 Å². The molecule has 3 rings (SSSR count). The first kappa shape index (κ1) is 14.0. The maximum Gasteiger partial charge on any atom is 0.152 e. The minimum absolute atomic E-state index is 0.299. The van der Waals surface area contributed by atoms with Crippen molar-refractivity contribution in [2.75, 3.05) is 18.0 Å². The van der Waals surface area contributed by atoms with E-state index >= 15 is 0 Å². The van der Waals surface area contributed by atoms with E-state index in [2.05, 4.69) is 49.9 Å². The van der Waals surface area contributed by atoms with Crippen LogP contribution in [0.15, 0.2) is 24.7 Å². The molecule has 1 N–H and O–H groups in total. The average molecular weight is 286 g/mol. The Morgan fingerprint density at radius 2 is 2.29 bits per heavy atom. The smallest absolute Gasteiger partial charge is 0.152 e. The summed E-state index contributed by atoms with van der Waals surface area (Å²) in [7, 11) is 0. The van der Waals surface area contributed by atoms with Crippen LogP contribution in [0.25, 0.3) is 0 Å². The second kappa shape index (κ2) is 6.22. The zero-order chi connectivity index (χ0) is 14.7. The summed E-state index contributed by atoms with van der Waals surface area (Å²) in [5.74, 6) is 2.06. The number of fused-ring (bicyclic) bond motifs is 1. The fourth-order valence-electron chi connectivity index (χ4n) is 2.73. The molecule has 0 spiro atoms. The van der Waals surface area contributed by atoms with Crippen LogP contribution in [0, 0.1) is 0 Å². The van der Waals surface area contributed by atoms with Crippen LogP contribution in [0.3, 0.4) is 0 Å². The maximum absolute atomic E-state index is 4.62. The molecule has 1 aliphatic rings. The number of anilines is 1. The molecule has 21 heavy (non-hydrogen) atoms. The number of rotatable bonds is 5. The van der Waals surface area contributed by atoms with Crippen molar-refractivity contribution in [3.8, 4) is 0 Å². The number of aromatic nitrogens is 4. The molecule has 6 nitrogen and oxygen atoms in total. The van der Waals surface area contributed by atoms with Crippen LogP contribution in [0.4, 0.5) is 5.82 Å². The molecular weight excluding hydrogens is 264 g/mol. The maximum atomic E-state index is 4.62. The van der Waals surface area contributed by atoms with Crippen molar-refractivity contribution in [3.63, 3.8) is 0 Å². The molecule has 2 aromatic heterocycles. The SMILES string of the molecule is CCCNC(C)c1cccnc1N1CCn2cnnc2C1. The monoisotopic (exact) mass is 286 g/mol. The highest BCUT2D eigenvalue weighted by molar-refractivity contribution is 5.48. The van der Waals surface area contributed by atoms with E-state index in [1.807, 2.05) is 12.3 Å². The number of hydrogen-bond donors (Lipinski definition) is 1. The van der Waals surface area contributed by atoms with E-state index in [0.29, 0.717) is 6.04 Å². The van der Waals surface area contributed by atoms with Gasteiger partial charge in [-0.3, -0.25) is 0 Å². The van der Waals surface area contributed by atoms with Gasteiger partial charge in [-0.2, -0.15) is 0 Å². The van der Waals surface area contributed by atoms with Crippen molar-refractivity contribution in [2.24, 2.45) is 0 Å². The van der Waals surface area contributed by atoms with Crippen molar-refractivity contribution >= 4 is 5.82 Å². The molecular formula is C15H22N6. The number of nitrogens with zero attached hydrogens (tertiary/aromatic N) is 5. The van der Waals surface area contributed by atoms with Crippen molar-refractivity contribution < 1.29 is 0 Å². The van der Waals surface area contributed by atoms with E-state index in [0.717, 1.165) is 44.2 Å². The highest BCUT2D eigenvalue weighted by Gasteiger charge is 2.22. The van der Waals surface area contributed by atoms with Crippen LogP contribution >= 0.6 is 0 Å². The Balaban J connectivity index is 1.82. The Hall–Kier alpha value is -1.95. The van der Waals surface area contributed by atoms with Crippen LogP contribution in [0.5, 0.6) is 0 Å². The van der Waals surface area contributed by atoms with E-state index in [9.17, 15) is 0 Å². The van der Waals surface area contributed by atoms with Gasteiger partial charge in [0.15, 0.2) is 5.82 Å². The topological polar surface area (TPSA) is 58.9 Å². The lowest BCUT2D eigenvalue weighted by Gasteiger charge is -2.30. The van der Waals surface area contributed by atoms with Crippen LogP contribution in [0.2, 0.25) is 0 Å². The number of hydrogen-bond acceptors (Lipinski definition) is 5. The molecule has 0 bridgehead atoms. The molecule has 1 aliphatic heterocycles. The molecule has 0 fully saturated rings. The molecule has 3 heterocycles. The molecule has 112 valence electrons. The lowest BCUT2D eigenvalue weighted by atomic mass is 10.1. The van der Waals surface area contributed by atoms with Gasteiger partial charge in [0, 0.05) is 30.9 Å². The van der Waals surface area contributed by atoms with Crippen LogP contribution in [0.1, 0.15) is 37.7 Å². The van der Waals surface area contributed by atoms with E-state index in [4.69, 9.17) is 0 Å². The van der Waals surface area contributed by atoms with Gasteiger partial charge in [-0.05, 0) is 26.0 Å². The van der Waals surface area contributed by atoms with Gasteiger partial charge in [-0.25, -0.2) is 4.98 Å². The fourth-order valence-corrected chi connectivity index (χ4v) is 2.73. The predicted octanol–water partition coefficient (Wildman–Crippen LogP) is 1.75. The molecule has 1 atom stereocenters. The molecule has 1 unspecified atom stereocenters. The first-order valence-electron chi connectivity index (χ1n) is 7.59. The molecule has 2 aromatic rings. The number of nitrogens with one attached hydrogen (secondary N) is 1. The van der Waals surface area contributed by atoms with Gasteiger partial charge in [0.2, 0.25) is 0 Å². The Morgan fingerprint density at radius 3 is 3.14 bits per heavy atom. The van der Waals surface area contributed by atoms with Crippen molar-refractivity contribution in [1.29, 1.82) is 0 Å². The highest BCUT2D eigenvalue weighted by Crippen LogP contribution is 2.26. The minimum atomic E-state index is 0.299.